The third-order valence-corrected chi connectivity index (χ3v) is 2.08. The predicted octanol–water partition coefficient (Wildman–Crippen LogP) is -3.68. The summed E-state index contributed by atoms with van der Waals surface area (Å²) in [6.07, 6.45) is 1.48. The molecule has 0 fully saturated rings. The molecule has 0 saturated heterocycles. The minimum atomic E-state index is -1.05. The van der Waals surface area contributed by atoms with Crippen molar-refractivity contribution in [1.82, 2.24) is 0 Å². The molecule has 10 nitrogen and oxygen atoms in total. The van der Waals surface area contributed by atoms with Gasteiger partial charge in [-0.15, -0.1) is 0 Å². The van der Waals surface area contributed by atoms with Crippen LogP contribution in [0.15, 0.2) is 23.6 Å². The first-order valence-corrected chi connectivity index (χ1v) is 7.76. The summed E-state index contributed by atoms with van der Waals surface area (Å²) in [5.74, 6) is -4.24. The Kier molecular flexibility index (Phi) is 20.6. The topological polar surface area (TPSA) is 154 Å². The molecule has 0 rings (SSSR count). The van der Waals surface area contributed by atoms with Crippen LogP contribution < -0.4 is 40.4 Å². The summed E-state index contributed by atoms with van der Waals surface area (Å²) in [4.78, 5) is 43.0. The molecule has 0 aromatic carbocycles. The molecule has 0 aliphatic heterocycles. The van der Waals surface area contributed by atoms with Crippen LogP contribution in [-0.2, 0) is 38.1 Å². The third kappa shape index (κ3) is 17.1. The second-order valence-electron chi connectivity index (χ2n) is 4.05. The second-order valence-corrected chi connectivity index (χ2v) is 4.05. The van der Waals surface area contributed by atoms with Crippen LogP contribution in [0.5, 0.6) is 0 Å². The number of carbonyl (C=O) groups is 4. The maximum atomic E-state index is 10.9. The number of nitrogens with two attached hydrogens (primary N) is 1. The van der Waals surface area contributed by atoms with E-state index >= 15 is 0 Å². The second kappa shape index (κ2) is 18.7. The molecule has 0 aliphatic rings. The summed E-state index contributed by atoms with van der Waals surface area (Å²) in [5.41, 5.74) is 4.97. The summed E-state index contributed by atoms with van der Waals surface area (Å²) in [6, 6.07) is 0. The quantitative estimate of drug-likeness (QED) is 0.142. The molecule has 0 heterocycles. The van der Waals surface area contributed by atoms with Gasteiger partial charge in [-0.25, -0.2) is 19.2 Å². The first-order valence-electron chi connectivity index (χ1n) is 7.76. The van der Waals surface area contributed by atoms with Crippen molar-refractivity contribution in [3.05, 3.63) is 23.6 Å². The van der Waals surface area contributed by atoms with Crippen LogP contribution in [0, 0.1) is 0 Å². The van der Waals surface area contributed by atoms with Crippen molar-refractivity contribution in [2.75, 3.05) is 26.4 Å². The van der Waals surface area contributed by atoms with E-state index in [1.54, 1.807) is 27.7 Å². The molecular weight excluding hydrogens is 373 g/mol. The number of carbonyl (C=O) groups excluding carboxylic acids is 4. The van der Waals surface area contributed by atoms with Crippen LogP contribution in [0.4, 0.5) is 0 Å². The van der Waals surface area contributed by atoms with Gasteiger partial charge in [-0.3, -0.25) is 0 Å². The Morgan fingerprint density at radius 1 is 0.741 bits per heavy atom. The van der Waals surface area contributed by atoms with E-state index in [1.165, 1.54) is 0 Å². The Bertz CT molecular complexity index is 496. The van der Waals surface area contributed by atoms with Gasteiger partial charge in [-0.2, -0.15) is 0 Å². The molecule has 0 bridgehead atoms. The van der Waals surface area contributed by atoms with Gasteiger partial charge in [-0.05, 0) is 33.5 Å². The minimum Gasteiger partial charge on any atom is -0.867 e. The van der Waals surface area contributed by atoms with E-state index in [0.29, 0.717) is 6.08 Å². The number of esters is 4. The van der Waals surface area contributed by atoms with Crippen molar-refractivity contribution in [3.63, 3.8) is 0 Å². The van der Waals surface area contributed by atoms with E-state index in [0.717, 1.165) is 6.08 Å². The molecule has 148 valence electrons. The fraction of sp³-hybridized carbons (Fsp3) is 0.500. The molecule has 11 heteroatoms. The first-order chi connectivity index (χ1) is 12.2. The molecular formula is C16H24NNaO9. The van der Waals surface area contributed by atoms with E-state index in [1.807, 2.05) is 0 Å². The van der Waals surface area contributed by atoms with E-state index < -0.39 is 29.6 Å². The summed E-state index contributed by atoms with van der Waals surface area (Å²) in [6.45, 7) is 7.19. The molecule has 0 amide bonds. The smallest absolute Gasteiger partial charge is 0.867 e. The van der Waals surface area contributed by atoms with Crippen molar-refractivity contribution < 1.29 is 72.8 Å². The summed E-state index contributed by atoms with van der Waals surface area (Å²) >= 11 is 0. The molecule has 2 N–H and O–H groups in total. The average Bonchev–Trinajstić information content (AvgIpc) is 2.56. The number of ether oxygens (including phenoxy) is 4. The van der Waals surface area contributed by atoms with Crippen molar-refractivity contribution in [2.45, 2.75) is 27.7 Å². The molecule has 0 radical (unpaired) electrons. The van der Waals surface area contributed by atoms with Gasteiger partial charge in [-0.1, -0.05) is 0 Å². The molecule has 0 aromatic heterocycles. The van der Waals surface area contributed by atoms with Crippen LogP contribution >= 0.6 is 0 Å². The zero-order valence-electron chi connectivity index (χ0n) is 16.2. The monoisotopic (exact) mass is 397 g/mol. The van der Waals surface area contributed by atoms with E-state index in [2.05, 4.69) is 18.9 Å². The Labute approximate surface area is 179 Å². The number of hydrogen-bond donors (Lipinski definition) is 1. The standard InChI is InChI=1S/C8H13NO4.C8H12O5.Na/c2*1-3-12-7(10)5-6(9)8(11)13-4-2;/h5H,3-4,9H2,1-2H3;5,9H,3-4H2,1-2H3;/q;;+1/p-1/b2*6-5-;. The normalized spacial score (nSPS) is 10.4. The fourth-order valence-electron chi connectivity index (χ4n) is 1.14. The van der Waals surface area contributed by atoms with Crippen molar-refractivity contribution in [2.24, 2.45) is 5.73 Å². The van der Waals surface area contributed by atoms with Gasteiger partial charge in [0.2, 0.25) is 0 Å². The van der Waals surface area contributed by atoms with Crippen molar-refractivity contribution >= 4 is 23.9 Å². The summed E-state index contributed by atoms with van der Waals surface area (Å²) in [7, 11) is 0. The van der Waals surface area contributed by atoms with E-state index in [9.17, 15) is 24.3 Å². The van der Waals surface area contributed by atoms with E-state index in [-0.39, 0.29) is 61.7 Å². The van der Waals surface area contributed by atoms with Gasteiger partial charge in [0.05, 0.1) is 32.5 Å². The predicted molar refractivity (Wildman–Crippen MR) is 86.9 cm³/mol. The Morgan fingerprint density at radius 2 is 1.11 bits per heavy atom. The van der Waals surface area contributed by atoms with Crippen LogP contribution in [0.25, 0.3) is 0 Å². The molecule has 27 heavy (non-hydrogen) atoms. The molecule has 0 unspecified atom stereocenters. The average molecular weight is 397 g/mol. The van der Waals surface area contributed by atoms with Crippen LogP contribution in [0.2, 0.25) is 0 Å². The maximum absolute atomic E-state index is 10.9. The zero-order valence-corrected chi connectivity index (χ0v) is 18.2. The van der Waals surface area contributed by atoms with Gasteiger partial charge >= 0.3 is 53.4 Å². The molecule has 0 atom stereocenters. The van der Waals surface area contributed by atoms with Gasteiger partial charge in [0.1, 0.15) is 5.70 Å². The van der Waals surface area contributed by atoms with Crippen LogP contribution in [-0.4, -0.2) is 50.3 Å². The third-order valence-electron chi connectivity index (χ3n) is 2.08. The van der Waals surface area contributed by atoms with Crippen LogP contribution in [0.3, 0.4) is 0 Å². The van der Waals surface area contributed by atoms with Crippen LogP contribution in [0.1, 0.15) is 27.7 Å². The van der Waals surface area contributed by atoms with Gasteiger partial charge in [0.25, 0.3) is 0 Å². The maximum Gasteiger partial charge on any atom is 1.00 e. The molecule has 0 aliphatic carbocycles. The fourth-order valence-corrected chi connectivity index (χ4v) is 1.14. The minimum absolute atomic E-state index is 0. The summed E-state index contributed by atoms with van der Waals surface area (Å²) in [5, 5.41) is 10.8. The largest absolute Gasteiger partial charge is 1.00 e. The Hall–Kier alpha value is -2.04. The van der Waals surface area contributed by atoms with Gasteiger partial charge < -0.3 is 29.8 Å². The van der Waals surface area contributed by atoms with Gasteiger partial charge in [0, 0.05) is 6.08 Å². The zero-order chi connectivity index (χ0) is 20.5. The Morgan fingerprint density at radius 3 is 1.52 bits per heavy atom. The van der Waals surface area contributed by atoms with Gasteiger partial charge in [0.15, 0.2) is 0 Å². The number of rotatable bonds is 8. The van der Waals surface area contributed by atoms with Crippen molar-refractivity contribution in [3.8, 4) is 0 Å². The molecule has 0 spiro atoms. The number of hydrogen-bond acceptors (Lipinski definition) is 10. The summed E-state index contributed by atoms with van der Waals surface area (Å²) < 4.78 is 17.9. The van der Waals surface area contributed by atoms with Crippen molar-refractivity contribution in [1.29, 1.82) is 0 Å². The Balaban J connectivity index is -0.000000411. The SMILES string of the molecule is CCOC(=O)/C=C(\N)C(=O)OCC.CCOC(=O)/C=C(\[O-])C(=O)OCC.[Na+]. The molecule has 0 saturated carbocycles. The first kappa shape index (κ1) is 29.7. The van der Waals surface area contributed by atoms with E-state index in [4.69, 9.17) is 5.73 Å². The molecule has 0 aromatic rings.